The Hall–Kier alpha value is -2.28. The monoisotopic (exact) mass is 350 g/mol. The molecule has 1 heterocycles. The lowest BCUT2D eigenvalue weighted by atomic mass is 10.0. The Bertz CT molecular complexity index is 606. The quantitative estimate of drug-likeness (QED) is 0.675. The topological polar surface area (TPSA) is 81.1 Å². The third-order valence-electron chi connectivity index (χ3n) is 4.48. The molecule has 25 heavy (non-hydrogen) atoms. The lowest BCUT2D eigenvalue weighted by Gasteiger charge is -2.23. The Balaban J connectivity index is 2.02. The van der Waals surface area contributed by atoms with Gasteiger partial charge in [0.1, 0.15) is 17.5 Å². The van der Waals surface area contributed by atoms with Crippen LogP contribution in [-0.4, -0.2) is 45.8 Å². The van der Waals surface area contributed by atoms with Gasteiger partial charge in [-0.05, 0) is 18.6 Å². The number of ether oxygens (including phenoxy) is 2. The van der Waals surface area contributed by atoms with Gasteiger partial charge >= 0.3 is 6.03 Å². The van der Waals surface area contributed by atoms with E-state index < -0.39 is 6.03 Å². The molecule has 0 radical (unpaired) electrons. The fraction of sp³-hybridized carbons (Fsp3) is 0.556. The Kier molecular flexibility index (Phi) is 7.06. The SMILES string of the molecule is CCCNC(=O)NC(=O)C[NH+]1CCC[C@H]1c1ccc(OC)cc1OC. The molecule has 3 N–H and O–H groups in total. The van der Waals surface area contributed by atoms with E-state index in [0.717, 1.165) is 47.8 Å². The van der Waals surface area contributed by atoms with Crippen molar-refractivity contribution in [2.45, 2.75) is 32.2 Å². The highest BCUT2D eigenvalue weighted by atomic mass is 16.5. The zero-order valence-corrected chi connectivity index (χ0v) is 15.2. The van der Waals surface area contributed by atoms with Gasteiger partial charge in [0, 0.05) is 25.5 Å². The van der Waals surface area contributed by atoms with Gasteiger partial charge in [0.05, 0.1) is 26.3 Å². The van der Waals surface area contributed by atoms with Crippen molar-refractivity contribution in [2.75, 3.05) is 33.9 Å². The second-order valence-corrected chi connectivity index (χ2v) is 6.19. The van der Waals surface area contributed by atoms with E-state index >= 15 is 0 Å². The zero-order valence-electron chi connectivity index (χ0n) is 15.2. The number of hydrogen-bond donors (Lipinski definition) is 3. The number of urea groups is 1. The molecule has 1 unspecified atom stereocenters. The maximum atomic E-state index is 12.2. The predicted molar refractivity (Wildman–Crippen MR) is 94.1 cm³/mol. The fourth-order valence-corrected chi connectivity index (χ4v) is 3.26. The summed E-state index contributed by atoms with van der Waals surface area (Å²) >= 11 is 0. The minimum absolute atomic E-state index is 0.172. The normalized spacial score (nSPS) is 19.3. The number of imide groups is 1. The number of carbonyl (C=O) groups is 2. The molecule has 1 aliphatic heterocycles. The first-order chi connectivity index (χ1) is 12.1. The Morgan fingerprint density at radius 3 is 2.76 bits per heavy atom. The highest BCUT2D eigenvalue weighted by molar-refractivity contribution is 5.94. The number of rotatable bonds is 7. The number of quaternary nitrogens is 1. The van der Waals surface area contributed by atoms with Crippen molar-refractivity contribution in [1.29, 1.82) is 0 Å². The summed E-state index contributed by atoms with van der Waals surface area (Å²) in [5, 5.41) is 5.05. The molecule has 0 bridgehead atoms. The van der Waals surface area contributed by atoms with E-state index in [0.29, 0.717) is 6.54 Å². The highest BCUT2D eigenvalue weighted by Gasteiger charge is 2.34. The van der Waals surface area contributed by atoms with Crippen LogP contribution in [-0.2, 0) is 4.79 Å². The number of hydrogen-bond acceptors (Lipinski definition) is 4. The van der Waals surface area contributed by atoms with Gasteiger partial charge in [-0.25, -0.2) is 4.79 Å². The van der Waals surface area contributed by atoms with Crippen LogP contribution in [0.3, 0.4) is 0 Å². The van der Waals surface area contributed by atoms with Gasteiger partial charge in [-0.15, -0.1) is 0 Å². The molecule has 7 nitrogen and oxygen atoms in total. The van der Waals surface area contributed by atoms with Crippen molar-refractivity contribution >= 4 is 11.9 Å². The van der Waals surface area contributed by atoms with Crippen molar-refractivity contribution in [3.63, 3.8) is 0 Å². The van der Waals surface area contributed by atoms with Crippen LogP contribution < -0.4 is 25.0 Å². The van der Waals surface area contributed by atoms with Gasteiger partial charge in [-0.3, -0.25) is 10.1 Å². The molecule has 2 atom stereocenters. The maximum absolute atomic E-state index is 12.2. The molecule has 1 aromatic rings. The van der Waals surface area contributed by atoms with Crippen molar-refractivity contribution < 1.29 is 24.0 Å². The number of carbonyl (C=O) groups excluding carboxylic acids is 2. The molecule has 2 rings (SSSR count). The van der Waals surface area contributed by atoms with Crippen molar-refractivity contribution in [3.05, 3.63) is 23.8 Å². The Morgan fingerprint density at radius 2 is 2.08 bits per heavy atom. The highest BCUT2D eigenvalue weighted by Crippen LogP contribution is 2.31. The zero-order chi connectivity index (χ0) is 18.2. The summed E-state index contributed by atoms with van der Waals surface area (Å²) in [6.45, 7) is 3.67. The Labute approximate surface area is 148 Å². The number of likely N-dealkylation sites (tertiary alicyclic amines) is 1. The van der Waals surface area contributed by atoms with E-state index in [4.69, 9.17) is 9.47 Å². The predicted octanol–water partition coefficient (Wildman–Crippen LogP) is 0.659. The first kappa shape index (κ1) is 19.1. The average Bonchev–Trinajstić information content (AvgIpc) is 3.06. The lowest BCUT2D eigenvalue weighted by Crippen LogP contribution is -3.11. The van der Waals surface area contributed by atoms with Crippen LogP contribution in [0.2, 0.25) is 0 Å². The van der Waals surface area contributed by atoms with Crippen LogP contribution >= 0.6 is 0 Å². The van der Waals surface area contributed by atoms with Crippen LogP contribution in [0.4, 0.5) is 4.79 Å². The number of methoxy groups -OCH3 is 2. The summed E-state index contributed by atoms with van der Waals surface area (Å²) in [6.07, 6.45) is 2.84. The molecule has 0 aromatic heterocycles. The minimum Gasteiger partial charge on any atom is -0.497 e. The van der Waals surface area contributed by atoms with Gasteiger partial charge in [0.15, 0.2) is 6.54 Å². The molecule has 1 fully saturated rings. The molecule has 138 valence electrons. The molecular formula is C18H28N3O4+. The third kappa shape index (κ3) is 5.09. The molecule has 0 aliphatic carbocycles. The number of nitrogens with one attached hydrogen (secondary N) is 3. The van der Waals surface area contributed by atoms with Crippen molar-refractivity contribution in [2.24, 2.45) is 0 Å². The minimum atomic E-state index is -0.427. The number of benzene rings is 1. The van der Waals surface area contributed by atoms with Crippen LogP contribution in [0.25, 0.3) is 0 Å². The van der Waals surface area contributed by atoms with Gasteiger partial charge in [0.2, 0.25) is 0 Å². The van der Waals surface area contributed by atoms with Crippen molar-refractivity contribution in [1.82, 2.24) is 10.6 Å². The number of amides is 3. The van der Waals surface area contributed by atoms with Crippen LogP contribution in [0.5, 0.6) is 11.5 Å². The van der Waals surface area contributed by atoms with E-state index in [2.05, 4.69) is 10.6 Å². The summed E-state index contributed by atoms with van der Waals surface area (Å²) in [4.78, 5) is 24.9. The van der Waals surface area contributed by atoms with Gasteiger partial charge in [0.25, 0.3) is 5.91 Å². The van der Waals surface area contributed by atoms with E-state index in [9.17, 15) is 9.59 Å². The molecular weight excluding hydrogens is 322 g/mol. The summed E-state index contributed by atoms with van der Waals surface area (Å²) in [5.41, 5.74) is 1.07. The first-order valence-electron chi connectivity index (χ1n) is 8.73. The molecule has 1 saturated heterocycles. The van der Waals surface area contributed by atoms with E-state index in [-0.39, 0.29) is 18.5 Å². The average molecular weight is 350 g/mol. The Morgan fingerprint density at radius 1 is 1.28 bits per heavy atom. The third-order valence-corrected chi connectivity index (χ3v) is 4.48. The largest absolute Gasteiger partial charge is 0.497 e. The van der Waals surface area contributed by atoms with Gasteiger partial charge in [-0.1, -0.05) is 6.92 Å². The first-order valence-corrected chi connectivity index (χ1v) is 8.73. The van der Waals surface area contributed by atoms with Gasteiger partial charge < -0.3 is 19.7 Å². The maximum Gasteiger partial charge on any atom is 0.321 e. The summed E-state index contributed by atoms with van der Waals surface area (Å²) in [6, 6.07) is 5.52. The summed E-state index contributed by atoms with van der Waals surface area (Å²) < 4.78 is 10.8. The smallest absolute Gasteiger partial charge is 0.321 e. The van der Waals surface area contributed by atoms with Crippen molar-refractivity contribution in [3.8, 4) is 11.5 Å². The second-order valence-electron chi connectivity index (χ2n) is 6.19. The molecule has 0 saturated carbocycles. The van der Waals surface area contributed by atoms with Crippen LogP contribution in [0.1, 0.15) is 37.8 Å². The molecule has 1 aromatic carbocycles. The van der Waals surface area contributed by atoms with Crippen LogP contribution in [0, 0.1) is 0 Å². The van der Waals surface area contributed by atoms with Gasteiger partial charge in [-0.2, -0.15) is 0 Å². The molecule has 3 amide bonds. The summed E-state index contributed by atoms with van der Waals surface area (Å²) in [7, 11) is 3.26. The van der Waals surface area contributed by atoms with E-state index in [1.54, 1.807) is 14.2 Å². The second kappa shape index (κ2) is 9.27. The molecule has 1 aliphatic rings. The molecule has 0 spiro atoms. The summed E-state index contributed by atoms with van der Waals surface area (Å²) in [5.74, 6) is 1.25. The van der Waals surface area contributed by atoms with E-state index in [1.165, 1.54) is 0 Å². The lowest BCUT2D eigenvalue weighted by molar-refractivity contribution is -0.910. The van der Waals surface area contributed by atoms with Crippen LogP contribution in [0.15, 0.2) is 18.2 Å². The fourth-order valence-electron chi connectivity index (χ4n) is 3.26. The molecule has 7 heteroatoms. The van der Waals surface area contributed by atoms with E-state index in [1.807, 2.05) is 25.1 Å². The standard InChI is InChI=1S/C18H27N3O4/c1-4-9-19-18(23)20-17(22)12-21-10-5-6-15(21)14-8-7-13(24-2)11-16(14)25-3/h7-8,11,15H,4-6,9-10,12H2,1-3H3,(H2,19,20,22,23)/p+1/t15-/m0/s1.